The third-order valence-corrected chi connectivity index (χ3v) is 8.28. The minimum absolute atomic E-state index is 0.132. The van der Waals surface area contributed by atoms with Crippen LogP contribution in [0.1, 0.15) is 11.1 Å². The summed E-state index contributed by atoms with van der Waals surface area (Å²) in [5, 5.41) is 29.0. The minimum atomic E-state index is -0.840. The van der Waals surface area contributed by atoms with Gasteiger partial charge in [-0.1, -0.05) is 47.7 Å². The fourth-order valence-corrected chi connectivity index (χ4v) is 6.31. The highest BCUT2D eigenvalue weighted by Crippen LogP contribution is 2.32. The Hall–Kier alpha value is -5.14. The molecular weight excluding hydrogens is 560 g/mol. The van der Waals surface area contributed by atoms with E-state index >= 15 is 0 Å². The highest BCUT2D eigenvalue weighted by atomic mass is 32.1. The number of nitrogens with zero attached hydrogens (tertiary/aromatic N) is 9. The van der Waals surface area contributed by atoms with Crippen LogP contribution < -0.4 is 11.1 Å². The summed E-state index contributed by atoms with van der Waals surface area (Å²) in [6, 6.07) is 13.8. The number of amides is 4. The van der Waals surface area contributed by atoms with Gasteiger partial charge in [-0.25, -0.2) is 19.9 Å². The molecule has 0 aliphatic carbocycles. The number of hydrogen-bond donors (Lipinski definition) is 3. The van der Waals surface area contributed by atoms with Crippen LogP contribution >= 0.6 is 11.3 Å². The van der Waals surface area contributed by atoms with E-state index < -0.39 is 18.2 Å². The molecule has 0 unspecified atom stereocenters. The average Bonchev–Trinajstić information content (AvgIpc) is 3.73. The topological polar surface area (TPSA) is 193 Å². The lowest BCUT2D eigenvalue weighted by Gasteiger charge is -2.46. The Labute approximate surface area is 243 Å². The molecule has 0 saturated carbocycles. The summed E-state index contributed by atoms with van der Waals surface area (Å²) in [5.74, 6) is -0.0175. The second-order valence-corrected chi connectivity index (χ2v) is 10.9. The Morgan fingerprint density at radius 1 is 1.26 bits per heavy atom. The van der Waals surface area contributed by atoms with Gasteiger partial charge in [0.25, 0.3) is 0 Å². The first-order chi connectivity index (χ1) is 20.4. The van der Waals surface area contributed by atoms with E-state index in [0.717, 1.165) is 26.9 Å². The van der Waals surface area contributed by atoms with E-state index in [1.807, 2.05) is 48.5 Å². The van der Waals surface area contributed by atoms with Gasteiger partial charge in [0, 0.05) is 25.6 Å². The van der Waals surface area contributed by atoms with Gasteiger partial charge < -0.3 is 20.9 Å². The Morgan fingerprint density at radius 2 is 2.07 bits per heavy atom. The predicted octanol–water partition coefficient (Wildman–Crippen LogP) is 0.562. The monoisotopic (exact) mass is 586 g/mol. The van der Waals surface area contributed by atoms with Crippen molar-refractivity contribution in [3.05, 3.63) is 53.6 Å². The number of nitrogens with one attached hydrogen (secondary N) is 2. The van der Waals surface area contributed by atoms with Crippen LogP contribution in [-0.2, 0) is 22.6 Å². The number of aromatic nitrogens is 5. The SMILES string of the molecule is CNC(=O)N(CC#N)N1CC(=O)N2[C@@H](Cc3ccc(-c4nnn[nH]4)cc3)C(=O)N(Cc3cccc4sc(N)nc34)C[C@@H]21. The molecule has 4 N–H and O–H groups in total. The van der Waals surface area contributed by atoms with Crippen molar-refractivity contribution in [3.63, 3.8) is 0 Å². The zero-order valence-corrected chi connectivity index (χ0v) is 23.3. The largest absolute Gasteiger partial charge is 0.375 e. The second-order valence-electron chi connectivity index (χ2n) is 9.85. The first-order valence-corrected chi connectivity index (χ1v) is 13.9. The molecular formula is C26H26N12O3S. The van der Waals surface area contributed by atoms with Crippen LogP contribution in [0, 0.1) is 11.3 Å². The zero-order chi connectivity index (χ0) is 29.4. The number of hydrogen-bond acceptors (Lipinski definition) is 11. The number of carbonyl (C=O) groups excluding carboxylic acids is 3. The zero-order valence-electron chi connectivity index (χ0n) is 22.5. The number of nitrogen functional groups attached to an aromatic ring is 1. The number of fused-ring (bicyclic) bond motifs is 2. The Balaban J connectivity index is 1.35. The summed E-state index contributed by atoms with van der Waals surface area (Å²) in [4.78, 5) is 48.0. The van der Waals surface area contributed by atoms with Crippen molar-refractivity contribution in [3.8, 4) is 17.5 Å². The fraction of sp³-hybridized carbons (Fsp3) is 0.308. The van der Waals surface area contributed by atoms with Crippen LogP contribution in [0.15, 0.2) is 42.5 Å². The number of piperazine rings is 1. The van der Waals surface area contributed by atoms with Crippen LogP contribution in [0.3, 0.4) is 0 Å². The van der Waals surface area contributed by atoms with E-state index in [0.29, 0.717) is 11.0 Å². The summed E-state index contributed by atoms with van der Waals surface area (Å²) >= 11 is 1.37. The molecule has 15 nitrogen and oxygen atoms in total. The lowest BCUT2D eigenvalue weighted by Crippen LogP contribution is -2.66. The summed E-state index contributed by atoms with van der Waals surface area (Å²) in [5.41, 5.74) is 9.11. The molecule has 4 amide bonds. The number of rotatable bonds is 7. The summed E-state index contributed by atoms with van der Waals surface area (Å²) in [7, 11) is 1.46. The number of thiazole rings is 1. The number of urea groups is 1. The van der Waals surface area contributed by atoms with Gasteiger partial charge in [0.15, 0.2) is 11.0 Å². The predicted molar refractivity (Wildman–Crippen MR) is 151 cm³/mol. The van der Waals surface area contributed by atoms with E-state index in [-0.39, 0.29) is 44.4 Å². The van der Waals surface area contributed by atoms with E-state index in [9.17, 15) is 19.6 Å². The first-order valence-electron chi connectivity index (χ1n) is 13.1. The van der Waals surface area contributed by atoms with Crippen LogP contribution in [-0.4, -0.2) is 102 Å². The molecule has 4 aromatic rings. The van der Waals surface area contributed by atoms with Crippen LogP contribution in [0.5, 0.6) is 0 Å². The number of H-pyrrole nitrogens is 1. The fourth-order valence-electron chi connectivity index (χ4n) is 5.53. The number of tetrazole rings is 1. The molecule has 16 heteroatoms. The van der Waals surface area contributed by atoms with Crippen molar-refractivity contribution >= 4 is 44.5 Å². The highest BCUT2D eigenvalue weighted by Gasteiger charge is 2.52. The number of carbonyl (C=O) groups is 3. The van der Waals surface area contributed by atoms with Gasteiger partial charge >= 0.3 is 6.03 Å². The molecule has 2 saturated heterocycles. The molecule has 2 aromatic heterocycles. The van der Waals surface area contributed by atoms with Gasteiger partial charge in [-0.15, -0.1) is 5.10 Å². The summed E-state index contributed by atoms with van der Waals surface area (Å²) in [6.45, 7) is -0.0381. The molecule has 6 rings (SSSR count). The smallest absolute Gasteiger partial charge is 0.332 e. The van der Waals surface area contributed by atoms with Crippen LogP contribution in [0.25, 0.3) is 21.6 Å². The number of anilines is 1. The van der Waals surface area contributed by atoms with Crippen molar-refractivity contribution in [1.82, 2.24) is 50.7 Å². The van der Waals surface area contributed by atoms with E-state index in [1.165, 1.54) is 23.4 Å². The van der Waals surface area contributed by atoms with Gasteiger partial charge in [0.2, 0.25) is 11.8 Å². The number of hydrazine groups is 1. The van der Waals surface area contributed by atoms with Crippen molar-refractivity contribution in [2.24, 2.45) is 0 Å². The van der Waals surface area contributed by atoms with E-state index in [4.69, 9.17) is 5.73 Å². The molecule has 0 radical (unpaired) electrons. The van der Waals surface area contributed by atoms with Gasteiger partial charge in [-0.05, 0) is 27.6 Å². The Morgan fingerprint density at radius 3 is 2.79 bits per heavy atom. The number of aromatic amines is 1. The molecule has 0 bridgehead atoms. The summed E-state index contributed by atoms with van der Waals surface area (Å²) in [6.07, 6.45) is -0.419. The van der Waals surface area contributed by atoms with Crippen molar-refractivity contribution in [2.45, 2.75) is 25.2 Å². The number of nitrogens with two attached hydrogens (primary N) is 1. The number of nitriles is 1. The van der Waals surface area contributed by atoms with Crippen molar-refractivity contribution in [1.29, 1.82) is 5.26 Å². The maximum atomic E-state index is 14.1. The Kier molecular flexibility index (Phi) is 7.10. The quantitative estimate of drug-likeness (QED) is 0.258. The lowest BCUT2D eigenvalue weighted by atomic mass is 9.99. The molecule has 4 heterocycles. The highest BCUT2D eigenvalue weighted by molar-refractivity contribution is 7.22. The number of benzene rings is 2. The van der Waals surface area contributed by atoms with Gasteiger partial charge in [-0.3, -0.25) is 9.59 Å². The van der Waals surface area contributed by atoms with Gasteiger partial charge in [0.05, 0.1) is 29.4 Å². The molecule has 2 aliphatic heterocycles. The average molecular weight is 587 g/mol. The van der Waals surface area contributed by atoms with Gasteiger partial charge in [-0.2, -0.15) is 10.3 Å². The number of para-hydroxylation sites is 1. The molecule has 2 aliphatic rings. The molecule has 2 fully saturated rings. The second kappa shape index (κ2) is 11.0. The minimum Gasteiger partial charge on any atom is -0.375 e. The molecule has 2 atom stereocenters. The van der Waals surface area contributed by atoms with Gasteiger partial charge in [0.1, 0.15) is 18.8 Å². The normalized spacial score (nSPS) is 18.8. The molecule has 42 heavy (non-hydrogen) atoms. The lowest BCUT2D eigenvalue weighted by molar-refractivity contribution is -0.157. The van der Waals surface area contributed by atoms with Crippen LogP contribution in [0.2, 0.25) is 0 Å². The van der Waals surface area contributed by atoms with Crippen molar-refractivity contribution < 1.29 is 14.4 Å². The van der Waals surface area contributed by atoms with E-state index in [2.05, 4.69) is 30.9 Å². The first kappa shape index (κ1) is 27.1. The molecule has 0 spiro atoms. The van der Waals surface area contributed by atoms with E-state index in [1.54, 1.807) is 14.8 Å². The maximum Gasteiger partial charge on any atom is 0.332 e. The summed E-state index contributed by atoms with van der Waals surface area (Å²) < 4.78 is 0.909. The van der Waals surface area contributed by atoms with Crippen molar-refractivity contribution in [2.75, 3.05) is 32.4 Å². The third-order valence-electron chi connectivity index (χ3n) is 7.43. The standard InChI is InChI=1S/C26H26N12O3S/c1-29-26(41)36(10-9-27)37-14-21(39)38-18(11-15-5-7-16(8-6-15)23-31-33-34-32-23)24(40)35(13-20(37)38)12-17-3-2-4-19-22(17)30-25(28)42-19/h2-8,18,20H,10-14H2,1H3,(H2,28,30)(H,29,41)(H,31,32,33,34)/t18-,20+/m0/s1. The molecule has 2 aromatic carbocycles. The maximum absolute atomic E-state index is 14.1. The van der Waals surface area contributed by atoms with Crippen LogP contribution in [0.4, 0.5) is 9.93 Å². The third kappa shape index (κ3) is 4.84. The Bertz CT molecular complexity index is 1680. The molecule has 214 valence electrons.